The number of nitrogens with one attached hydrogen (secondary N) is 2. The summed E-state index contributed by atoms with van der Waals surface area (Å²) >= 11 is 0. The third-order valence-corrected chi connectivity index (χ3v) is 4.05. The molecule has 2 atom stereocenters. The Balaban J connectivity index is 1.81. The normalized spacial score (nSPS) is 14.0. The minimum atomic E-state index is -1.26. The largest absolute Gasteiger partial charge is 0.378 e. The second kappa shape index (κ2) is 7.06. The molecular weight excluding hydrogens is 318 g/mol. The summed E-state index contributed by atoms with van der Waals surface area (Å²) in [4.78, 5) is 20.3. The molecule has 1 amide bonds. The molecule has 0 saturated heterocycles. The number of aryl methyl sites for hydroxylation is 1. The molecule has 0 spiro atoms. The van der Waals surface area contributed by atoms with E-state index in [1.54, 1.807) is 17.9 Å². The molecule has 2 aromatic heterocycles. The summed E-state index contributed by atoms with van der Waals surface area (Å²) in [5.74, 6) is 0.592. The monoisotopic (exact) mass is 341 g/mol. The van der Waals surface area contributed by atoms with Crippen LogP contribution < -0.4 is 5.32 Å². The van der Waals surface area contributed by atoms with Gasteiger partial charge < -0.3 is 15.4 Å². The van der Waals surface area contributed by atoms with Crippen LogP contribution in [-0.4, -0.2) is 30.8 Å². The van der Waals surface area contributed by atoms with E-state index in [4.69, 9.17) is 0 Å². The van der Waals surface area contributed by atoms with E-state index in [2.05, 4.69) is 34.2 Å². The zero-order chi connectivity index (χ0) is 18.0. The lowest BCUT2D eigenvalue weighted by Crippen LogP contribution is -2.34. The second-order valence-electron chi connectivity index (χ2n) is 6.68. The Bertz CT molecular complexity index is 834. The van der Waals surface area contributed by atoms with Crippen LogP contribution in [0.15, 0.2) is 36.7 Å². The Kier molecular flexibility index (Phi) is 4.85. The van der Waals surface area contributed by atoms with Crippen LogP contribution in [0.3, 0.4) is 0 Å². The Morgan fingerprint density at radius 1 is 1.36 bits per heavy atom. The van der Waals surface area contributed by atoms with E-state index in [1.807, 2.05) is 24.3 Å². The molecule has 3 N–H and O–H groups in total. The van der Waals surface area contributed by atoms with Crippen molar-refractivity contribution in [3.05, 3.63) is 48.0 Å². The molecule has 132 valence electrons. The highest BCUT2D eigenvalue weighted by Crippen LogP contribution is 2.23. The van der Waals surface area contributed by atoms with Crippen molar-refractivity contribution in [1.82, 2.24) is 25.1 Å². The fourth-order valence-electron chi connectivity index (χ4n) is 2.83. The fourth-order valence-corrected chi connectivity index (χ4v) is 2.83. The van der Waals surface area contributed by atoms with Gasteiger partial charge in [0.2, 0.25) is 0 Å². The number of rotatable bonds is 6. The topological polar surface area (TPSA) is 95.8 Å². The zero-order valence-corrected chi connectivity index (χ0v) is 14.6. The van der Waals surface area contributed by atoms with Gasteiger partial charge in [-0.1, -0.05) is 26.0 Å². The van der Waals surface area contributed by atoms with Crippen LogP contribution in [0.5, 0.6) is 0 Å². The van der Waals surface area contributed by atoms with Crippen molar-refractivity contribution in [3.63, 3.8) is 0 Å². The van der Waals surface area contributed by atoms with Crippen molar-refractivity contribution in [2.75, 3.05) is 0 Å². The number of nitrogens with zero attached hydrogens (tertiary/aromatic N) is 3. The maximum Gasteiger partial charge on any atom is 0.254 e. The Labute approximate surface area is 146 Å². The number of hydrogen-bond donors (Lipinski definition) is 3. The number of benzene rings is 1. The van der Waals surface area contributed by atoms with Gasteiger partial charge in [-0.25, -0.2) is 4.98 Å². The zero-order valence-electron chi connectivity index (χ0n) is 14.6. The first-order valence-electron chi connectivity index (χ1n) is 8.35. The van der Waals surface area contributed by atoms with Crippen molar-refractivity contribution in [1.29, 1.82) is 0 Å². The van der Waals surface area contributed by atoms with Crippen molar-refractivity contribution in [3.8, 4) is 0 Å². The first-order chi connectivity index (χ1) is 11.9. The molecule has 1 aromatic carbocycles. The molecular formula is C18H23N5O2. The molecule has 3 rings (SSSR count). The van der Waals surface area contributed by atoms with Crippen LogP contribution in [0, 0.1) is 5.92 Å². The lowest BCUT2D eigenvalue weighted by molar-refractivity contribution is -0.130. The Morgan fingerprint density at radius 2 is 2.12 bits per heavy atom. The smallest absolute Gasteiger partial charge is 0.254 e. The Hall–Kier alpha value is -2.67. The van der Waals surface area contributed by atoms with Gasteiger partial charge in [0.15, 0.2) is 6.10 Å². The van der Waals surface area contributed by atoms with Gasteiger partial charge in [-0.05, 0) is 24.5 Å². The van der Waals surface area contributed by atoms with Gasteiger partial charge in [0.25, 0.3) is 5.91 Å². The average Bonchev–Trinajstić information content (AvgIpc) is 3.19. The van der Waals surface area contributed by atoms with Crippen LogP contribution >= 0.6 is 0 Å². The number of H-pyrrole nitrogens is 1. The van der Waals surface area contributed by atoms with Gasteiger partial charge in [0.05, 0.1) is 23.3 Å². The molecule has 7 nitrogen and oxygen atoms in total. The Morgan fingerprint density at radius 3 is 2.76 bits per heavy atom. The summed E-state index contributed by atoms with van der Waals surface area (Å²) in [7, 11) is 1.74. The van der Waals surface area contributed by atoms with Gasteiger partial charge >= 0.3 is 0 Å². The third kappa shape index (κ3) is 3.88. The highest BCUT2D eigenvalue weighted by molar-refractivity contribution is 5.82. The molecule has 0 fully saturated rings. The van der Waals surface area contributed by atoms with E-state index in [1.165, 1.54) is 6.20 Å². The summed E-state index contributed by atoms with van der Waals surface area (Å²) in [5, 5.41) is 17.2. The number of imidazole rings is 1. The summed E-state index contributed by atoms with van der Waals surface area (Å²) in [6, 6.07) is 7.44. The molecule has 0 bridgehead atoms. The van der Waals surface area contributed by atoms with Crippen LogP contribution in [0.2, 0.25) is 0 Å². The van der Waals surface area contributed by atoms with Crippen molar-refractivity contribution in [2.24, 2.45) is 13.0 Å². The number of aromatic nitrogens is 4. The maximum absolute atomic E-state index is 12.5. The van der Waals surface area contributed by atoms with Gasteiger partial charge in [0, 0.05) is 18.8 Å². The van der Waals surface area contributed by atoms with E-state index in [9.17, 15) is 9.90 Å². The van der Waals surface area contributed by atoms with E-state index in [-0.39, 0.29) is 6.04 Å². The predicted octanol–water partition coefficient (Wildman–Crippen LogP) is 2.23. The minimum Gasteiger partial charge on any atom is -0.378 e. The third-order valence-electron chi connectivity index (χ3n) is 4.05. The van der Waals surface area contributed by atoms with Crippen molar-refractivity contribution in [2.45, 2.75) is 32.4 Å². The number of carbonyl (C=O) groups is 1. The quantitative estimate of drug-likeness (QED) is 0.641. The van der Waals surface area contributed by atoms with E-state index >= 15 is 0 Å². The van der Waals surface area contributed by atoms with Gasteiger partial charge in [-0.2, -0.15) is 5.10 Å². The van der Waals surface area contributed by atoms with E-state index < -0.39 is 12.0 Å². The summed E-state index contributed by atoms with van der Waals surface area (Å²) in [5.41, 5.74) is 2.24. The molecule has 0 aliphatic heterocycles. The standard InChI is InChI=1S/C18H23N5O2/c1-11(2)8-15(17-20-13-6-4-5-7-14(13)21-17)22-18(25)16(24)12-9-19-23(3)10-12/h4-7,9-11,15-16,24H,8H2,1-3H3,(H,20,21)(H,22,25)/t15-,16+/m0/s1. The lowest BCUT2D eigenvalue weighted by Gasteiger charge is -2.20. The van der Waals surface area contributed by atoms with Gasteiger partial charge in [0.1, 0.15) is 5.82 Å². The molecule has 7 heteroatoms. The number of aliphatic hydroxyl groups is 1. The van der Waals surface area contributed by atoms with E-state index in [0.717, 1.165) is 11.0 Å². The van der Waals surface area contributed by atoms with Crippen molar-refractivity contribution >= 4 is 16.9 Å². The number of hydrogen-bond acceptors (Lipinski definition) is 4. The molecule has 2 heterocycles. The highest BCUT2D eigenvalue weighted by atomic mass is 16.3. The lowest BCUT2D eigenvalue weighted by atomic mass is 10.0. The summed E-state index contributed by atoms with van der Waals surface area (Å²) in [6.45, 7) is 4.17. The van der Waals surface area contributed by atoms with Crippen molar-refractivity contribution < 1.29 is 9.90 Å². The number of amides is 1. The SMILES string of the molecule is CC(C)C[C@H](NC(=O)[C@H](O)c1cnn(C)c1)c1nc2ccccc2[nH]1. The highest BCUT2D eigenvalue weighted by Gasteiger charge is 2.25. The predicted molar refractivity (Wildman–Crippen MR) is 94.6 cm³/mol. The molecule has 25 heavy (non-hydrogen) atoms. The molecule has 0 unspecified atom stereocenters. The van der Waals surface area contributed by atoms with Crippen LogP contribution in [0.1, 0.15) is 43.8 Å². The first-order valence-corrected chi connectivity index (χ1v) is 8.35. The number of aliphatic hydroxyl groups excluding tert-OH is 1. The summed E-state index contributed by atoms with van der Waals surface area (Å²) in [6.07, 6.45) is 2.57. The molecule has 0 aliphatic rings. The van der Waals surface area contributed by atoms with Gasteiger partial charge in [-0.15, -0.1) is 0 Å². The van der Waals surface area contributed by atoms with E-state index in [0.29, 0.717) is 23.7 Å². The number of carbonyl (C=O) groups excluding carboxylic acids is 1. The molecule has 0 radical (unpaired) electrons. The second-order valence-corrected chi connectivity index (χ2v) is 6.68. The minimum absolute atomic E-state index is 0.300. The number of aromatic amines is 1. The van der Waals surface area contributed by atoms with Gasteiger partial charge in [-0.3, -0.25) is 9.48 Å². The molecule has 3 aromatic rings. The number of para-hydroxylation sites is 2. The summed E-state index contributed by atoms with van der Waals surface area (Å²) < 4.78 is 1.55. The fraction of sp³-hybridized carbons (Fsp3) is 0.389. The maximum atomic E-state index is 12.5. The number of fused-ring (bicyclic) bond motifs is 1. The van der Waals surface area contributed by atoms with Crippen LogP contribution in [-0.2, 0) is 11.8 Å². The molecule has 0 saturated carbocycles. The average molecular weight is 341 g/mol. The van der Waals surface area contributed by atoms with Crippen LogP contribution in [0.4, 0.5) is 0 Å². The van der Waals surface area contributed by atoms with Crippen LogP contribution in [0.25, 0.3) is 11.0 Å². The molecule has 0 aliphatic carbocycles. The first kappa shape index (κ1) is 17.2.